The second-order valence-corrected chi connectivity index (χ2v) is 10.3. The average Bonchev–Trinajstić information content (AvgIpc) is 3.48. The maximum Gasteiger partial charge on any atom is 0.416 e. The smallest absolute Gasteiger partial charge is 0.338 e. The van der Waals surface area contributed by atoms with Crippen molar-refractivity contribution in [1.29, 1.82) is 0 Å². The Balaban J connectivity index is 1.31. The predicted octanol–water partition coefficient (Wildman–Crippen LogP) is 4.90. The van der Waals surface area contributed by atoms with Crippen LogP contribution in [-0.2, 0) is 28.1 Å². The molecule has 1 aliphatic rings. The lowest BCUT2D eigenvalue weighted by Gasteiger charge is -2.17. The minimum absolute atomic E-state index is 0.00356. The predicted molar refractivity (Wildman–Crippen MR) is 117 cm³/mol. The molecule has 0 bridgehead atoms. The molecular weight excluding hydrogens is 481 g/mol. The quantitative estimate of drug-likeness (QED) is 0.371. The number of anilines is 1. The molecule has 168 valence electrons. The number of thiophene rings is 1. The first-order chi connectivity index (χ1) is 15.3. The highest BCUT2D eigenvalue weighted by molar-refractivity contribution is 8.00. The zero-order valence-corrected chi connectivity index (χ0v) is 18.9. The van der Waals surface area contributed by atoms with Crippen LogP contribution in [-0.4, -0.2) is 33.5 Å². The molecule has 1 atom stereocenters. The lowest BCUT2D eigenvalue weighted by atomic mass is 10.1. The molecule has 1 N–H and O–H groups in total. The van der Waals surface area contributed by atoms with Gasteiger partial charge >= 0.3 is 6.18 Å². The van der Waals surface area contributed by atoms with E-state index in [1.165, 1.54) is 45.0 Å². The molecule has 3 heterocycles. The standard InChI is InChI=1S/C20H17F3N4O2S3/c21-20(22,23)14-4-1-3-12(7-14)9-27-10-13(8-16(27)28)17(29)24-18-25-26-19(32-18)31-11-15-5-2-6-30-15/h1-7,13H,8-11H2,(H,24,25,29). The SMILES string of the molecule is O=C(Nc1nnc(SCc2cccs2)s1)C1CC(=O)N(Cc2cccc(C(F)(F)F)c2)C1. The van der Waals surface area contributed by atoms with E-state index in [4.69, 9.17) is 0 Å². The number of hydrogen-bond donors (Lipinski definition) is 1. The molecule has 32 heavy (non-hydrogen) atoms. The highest BCUT2D eigenvalue weighted by Crippen LogP contribution is 2.32. The highest BCUT2D eigenvalue weighted by Gasteiger charge is 2.35. The van der Waals surface area contributed by atoms with E-state index >= 15 is 0 Å². The van der Waals surface area contributed by atoms with Gasteiger partial charge in [-0.1, -0.05) is 41.3 Å². The number of rotatable bonds is 7. The Labute approximate surface area is 193 Å². The average molecular weight is 499 g/mol. The van der Waals surface area contributed by atoms with Crippen molar-refractivity contribution in [3.8, 4) is 0 Å². The van der Waals surface area contributed by atoms with Crippen molar-refractivity contribution in [1.82, 2.24) is 15.1 Å². The van der Waals surface area contributed by atoms with Crippen LogP contribution >= 0.6 is 34.4 Å². The number of amides is 2. The summed E-state index contributed by atoms with van der Waals surface area (Å²) in [6, 6.07) is 8.87. The molecule has 0 spiro atoms. The minimum atomic E-state index is -4.45. The molecule has 1 aliphatic heterocycles. The summed E-state index contributed by atoms with van der Waals surface area (Å²) in [6.07, 6.45) is -4.44. The first-order valence-corrected chi connectivity index (χ1v) is 12.2. The maximum absolute atomic E-state index is 12.9. The molecule has 0 aliphatic carbocycles. The van der Waals surface area contributed by atoms with Gasteiger partial charge in [-0.15, -0.1) is 21.5 Å². The number of hydrogen-bond acceptors (Lipinski definition) is 7. The zero-order chi connectivity index (χ0) is 22.7. The number of benzene rings is 1. The Morgan fingerprint density at radius 2 is 2.09 bits per heavy atom. The second-order valence-electron chi connectivity index (χ2n) is 7.10. The van der Waals surface area contributed by atoms with Gasteiger partial charge in [0.1, 0.15) is 0 Å². The number of carbonyl (C=O) groups excluding carboxylic acids is 2. The van der Waals surface area contributed by atoms with Crippen molar-refractivity contribution in [2.45, 2.75) is 29.2 Å². The Hall–Kier alpha value is -2.44. The summed E-state index contributed by atoms with van der Waals surface area (Å²) in [4.78, 5) is 27.5. The van der Waals surface area contributed by atoms with Crippen molar-refractivity contribution in [3.63, 3.8) is 0 Å². The third kappa shape index (κ3) is 5.67. The molecule has 4 rings (SSSR count). The molecule has 1 aromatic carbocycles. The molecule has 3 aromatic rings. The van der Waals surface area contributed by atoms with Crippen molar-refractivity contribution in [2.75, 3.05) is 11.9 Å². The summed E-state index contributed by atoms with van der Waals surface area (Å²) in [6.45, 7) is 0.161. The van der Waals surface area contributed by atoms with Crippen molar-refractivity contribution in [3.05, 3.63) is 57.8 Å². The van der Waals surface area contributed by atoms with Gasteiger partial charge < -0.3 is 10.2 Å². The van der Waals surface area contributed by atoms with Gasteiger partial charge in [0, 0.05) is 30.1 Å². The monoisotopic (exact) mass is 498 g/mol. The zero-order valence-electron chi connectivity index (χ0n) is 16.5. The van der Waals surface area contributed by atoms with E-state index in [1.807, 2.05) is 17.5 Å². The van der Waals surface area contributed by atoms with E-state index in [0.29, 0.717) is 10.7 Å². The van der Waals surface area contributed by atoms with E-state index in [9.17, 15) is 22.8 Å². The van der Waals surface area contributed by atoms with Gasteiger partial charge in [-0.05, 0) is 29.1 Å². The van der Waals surface area contributed by atoms with Crippen LogP contribution in [0.15, 0.2) is 46.1 Å². The normalized spacial score (nSPS) is 16.5. The number of nitrogens with one attached hydrogen (secondary N) is 1. The summed E-state index contributed by atoms with van der Waals surface area (Å²) >= 11 is 4.44. The van der Waals surface area contributed by atoms with Crippen LogP contribution in [0.4, 0.5) is 18.3 Å². The Kier molecular flexibility index (Phi) is 6.82. The molecular formula is C20H17F3N4O2S3. The maximum atomic E-state index is 12.9. The molecule has 2 aromatic heterocycles. The van der Waals surface area contributed by atoms with Crippen LogP contribution in [0.1, 0.15) is 22.4 Å². The first-order valence-electron chi connectivity index (χ1n) is 9.51. The second kappa shape index (κ2) is 9.59. The van der Waals surface area contributed by atoms with Gasteiger partial charge in [0.2, 0.25) is 16.9 Å². The molecule has 1 fully saturated rings. The Morgan fingerprint density at radius 3 is 2.84 bits per heavy atom. The van der Waals surface area contributed by atoms with Crippen molar-refractivity contribution in [2.24, 2.45) is 5.92 Å². The minimum Gasteiger partial charge on any atom is -0.338 e. The van der Waals surface area contributed by atoms with E-state index in [1.54, 1.807) is 11.3 Å². The number of nitrogens with zero attached hydrogens (tertiary/aromatic N) is 3. The van der Waals surface area contributed by atoms with Crippen LogP contribution < -0.4 is 5.32 Å². The van der Waals surface area contributed by atoms with Gasteiger partial charge in [-0.25, -0.2) is 0 Å². The molecule has 1 unspecified atom stereocenters. The van der Waals surface area contributed by atoms with Crippen LogP contribution in [0.5, 0.6) is 0 Å². The van der Waals surface area contributed by atoms with Gasteiger partial charge in [0.05, 0.1) is 11.5 Å². The summed E-state index contributed by atoms with van der Waals surface area (Å²) in [5, 5.41) is 13.1. The number of halogens is 3. The molecule has 0 radical (unpaired) electrons. The fourth-order valence-corrected chi connectivity index (χ4v) is 5.75. The van der Waals surface area contributed by atoms with Gasteiger partial charge in [-0.3, -0.25) is 9.59 Å². The number of carbonyl (C=O) groups is 2. The van der Waals surface area contributed by atoms with Gasteiger partial charge in [0.15, 0.2) is 4.34 Å². The Bertz CT molecular complexity index is 1100. The Morgan fingerprint density at radius 1 is 1.25 bits per heavy atom. The number of likely N-dealkylation sites (tertiary alicyclic amines) is 1. The number of thioether (sulfide) groups is 1. The fraction of sp³-hybridized carbons (Fsp3) is 0.300. The van der Waals surface area contributed by atoms with E-state index in [-0.39, 0.29) is 31.3 Å². The lowest BCUT2D eigenvalue weighted by molar-refractivity contribution is -0.137. The van der Waals surface area contributed by atoms with Crippen molar-refractivity contribution < 1.29 is 22.8 Å². The van der Waals surface area contributed by atoms with Crippen LogP contribution in [0.25, 0.3) is 0 Å². The third-order valence-electron chi connectivity index (χ3n) is 4.77. The van der Waals surface area contributed by atoms with Crippen molar-refractivity contribution >= 4 is 51.4 Å². The van der Waals surface area contributed by atoms with Gasteiger partial charge in [-0.2, -0.15) is 13.2 Å². The molecule has 12 heteroatoms. The van der Waals surface area contributed by atoms with E-state index < -0.39 is 17.7 Å². The molecule has 1 saturated heterocycles. The summed E-state index contributed by atoms with van der Waals surface area (Å²) in [5.41, 5.74) is -0.397. The number of aromatic nitrogens is 2. The third-order valence-corrected chi connectivity index (χ3v) is 7.85. The largest absolute Gasteiger partial charge is 0.416 e. The highest BCUT2D eigenvalue weighted by atomic mass is 32.2. The van der Waals surface area contributed by atoms with E-state index in [0.717, 1.165) is 22.2 Å². The van der Waals surface area contributed by atoms with Crippen LogP contribution in [0.2, 0.25) is 0 Å². The molecule has 6 nitrogen and oxygen atoms in total. The fourth-order valence-electron chi connectivity index (χ4n) is 3.22. The molecule has 0 saturated carbocycles. The molecule has 2 amide bonds. The first kappa shape index (κ1) is 22.7. The van der Waals surface area contributed by atoms with Crippen LogP contribution in [0.3, 0.4) is 0 Å². The summed E-state index contributed by atoms with van der Waals surface area (Å²) in [7, 11) is 0. The summed E-state index contributed by atoms with van der Waals surface area (Å²) in [5.74, 6) is -0.454. The lowest BCUT2D eigenvalue weighted by Crippen LogP contribution is -2.28. The van der Waals surface area contributed by atoms with E-state index in [2.05, 4.69) is 15.5 Å². The number of alkyl halides is 3. The summed E-state index contributed by atoms with van der Waals surface area (Å²) < 4.78 is 39.5. The van der Waals surface area contributed by atoms with Crippen LogP contribution in [0, 0.1) is 5.92 Å². The topological polar surface area (TPSA) is 75.2 Å². The van der Waals surface area contributed by atoms with Gasteiger partial charge in [0.25, 0.3) is 0 Å².